The van der Waals surface area contributed by atoms with Gasteiger partial charge < -0.3 is 29.8 Å². The van der Waals surface area contributed by atoms with Gasteiger partial charge in [-0.25, -0.2) is 9.97 Å². The van der Waals surface area contributed by atoms with Crippen molar-refractivity contribution in [2.24, 2.45) is 0 Å². The predicted octanol–water partition coefficient (Wildman–Crippen LogP) is -1.44. The van der Waals surface area contributed by atoms with Crippen molar-refractivity contribution < 1.29 is 19.7 Å². The highest BCUT2D eigenvalue weighted by Gasteiger charge is 2.39. The number of nitrogens with zero attached hydrogens (tertiary/aromatic N) is 5. The highest BCUT2D eigenvalue weighted by atomic mass is 16.5. The van der Waals surface area contributed by atoms with E-state index in [2.05, 4.69) is 25.4 Å². The minimum absolute atomic E-state index is 0.0102. The Morgan fingerprint density at radius 1 is 1.37 bits per heavy atom. The smallest absolute Gasteiger partial charge is 0.278 e. The van der Waals surface area contributed by atoms with E-state index in [1.54, 1.807) is 22.4 Å². The Hall–Kier alpha value is -3.09. The van der Waals surface area contributed by atoms with E-state index in [0.717, 1.165) is 0 Å². The first-order valence-corrected chi connectivity index (χ1v) is 9.60. The van der Waals surface area contributed by atoms with Crippen LogP contribution in [0.5, 0.6) is 0 Å². The summed E-state index contributed by atoms with van der Waals surface area (Å²) >= 11 is 0. The normalized spacial score (nSPS) is 24.3. The molecule has 1 saturated heterocycles. The van der Waals surface area contributed by atoms with Gasteiger partial charge in [-0.2, -0.15) is 5.10 Å². The highest BCUT2D eigenvalue weighted by molar-refractivity contribution is 5.95. The van der Waals surface area contributed by atoms with Crippen LogP contribution in [-0.4, -0.2) is 76.4 Å². The summed E-state index contributed by atoms with van der Waals surface area (Å²) in [5, 5.41) is 28.0. The maximum Gasteiger partial charge on any atom is 0.278 e. The molecule has 0 saturated carbocycles. The van der Waals surface area contributed by atoms with Crippen LogP contribution >= 0.6 is 0 Å². The van der Waals surface area contributed by atoms with Crippen LogP contribution in [-0.2, 0) is 17.8 Å². The quantitative estimate of drug-likeness (QED) is 0.393. The topological polar surface area (TPSA) is 160 Å². The molecule has 4 heterocycles. The summed E-state index contributed by atoms with van der Waals surface area (Å²) in [4.78, 5) is 34.9. The molecule has 1 fully saturated rings. The maximum atomic E-state index is 12.6. The molecule has 4 N–H and O–H groups in total. The fraction of sp³-hybridized carbons (Fsp3) is 0.500. The Balaban J connectivity index is 1.44. The molecule has 1 aliphatic heterocycles. The minimum atomic E-state index is -1.26. The lowest BCUT2D eigenvalue weighted by Gasteiger charge is -2.38. The SMILES string of the molecule is CCn1cc(C(=O)N[C@@H]2CO[C@H](Cn3cnc4c(=O)[nH]cnc43)[C@@H](O)[C@H]2O)c(C)n1. The number of rotatable bonds is 5. The Bertz CT molecular complexity index is 1120. The summed E-state index contributed by atoms with van der Waals surface area (Å²) in [5.74, 6) is -0.394. The van der Waals surface area contributed by atoms with Crippen LogP contribution in [0.2, 0.25) is 0 Å². The van der Waals surface area contributed by atoms with Gasteiger partial charge in [0.05, 0.1) is 43.1 Å². The van der Waals surface area contributed by atoms with Crippen molar-refractivity contribution in [3.05, 3.63) is 40.5 Å². The van der Waals surface area contributed by atoms with E-state index in [0.29, 0.717) is 23.4 Å². The van der Waals surface area contributed by atoms with Crippen LogP contribution in [0.25, 0.3) is 11.2 Å². The van der Waals surface area contributed by atoms with Crippen molar-refractivity contribution in [3.8, 4) is 0 Å². The monoisotopic (exact) mass is 417 g/mol. The third kappa shape index (κ3) is 3.60. The second-order valence-electron chi connectivity index (χ2n) is 7.22. The van der Waals surface area contributed by atoms with Crippen LogP contribution in [0.1, 0.15) is 23.0 Å². The zero-order chi connectivity index (χ0) is 21.4. The molecule has 0 unspecified atom stereocenters. The molecule has 0 aromatic carbocycles. The third-order valence-electron chi connectivity index (χ3n) is 5.25. The number of carbonyl (C=O) groups is 1. The molecule has 12 nitrogen and oxygen atoms in total. The molecule has 160 valence electrons. The van der Waals surface area contributed by atoms with Gasteiger partial charge in [0.2, 0.25) is 0 Å². The van der Waals surface area contributed by atoms with Crippen molar-refractivity contribution in [2.45, 2.75) is 51.3 Å². The predicted molar refractivity (Wildman–Crippen MR) is 104 cm³/mol. The van der Waals surface area contributed by atoms with Crippen LogP contribution in [0, 0.1) is 6.92 Å². The summed E-state index contributed by atoms with van der Waals surface area (Å²) in [6.07, 6.45) is 1.07. The molecule has 4 rings (SSSR count). The molecule has 12 heteroatoms. The maximum absolute atomic E-state index is 12.6. The lowest BCUT2D eigenvalue weighted by molar-refractivity contribution is -0.152. The lowest BCUT2D eigenvalue weighted by atomic mass is 9.97. The number of ether oxygens (including phenoxy) is 1. The second kappa shape index (κ2) is 7.97. The van der Waals surface area contributed by atoms with Crippen LogP contribution in [0.3, 0.4) is 0 Å². The summed E-state index contributed by atoms with van der Waals surface area (Å²) in [6, 6.07) is -0.784. The van der Waals surface area contributed by atoms with Gasteiger partial charge >= 0.3 is 0 Å². The molecule has 0 radical (unpaired) electrons. The Morgan fingerprint density at radius 3 is 2.90 bits per heavy atom. The summed E-state index contributed by atoms with van der Waals surface area (Å²) in [7, 11) is 0. The van der Waals surface area contributed by atoms with E-state index in [1.807, 2.05) is 6.92 Å². The Labute approximate surface area is 170 Å². The van der Waals surface area contributed by atoms with Crippen LogP contribution < -0.4 is 10.9 Å². The average molecular weight is 417 g/mol. The average Bonchev–Trinajstić information content (AvgIpc) is 3.32. The molecule has 1 amide bonds. The fourth-order valence-corrected chi connectivity index (χ4v) is 3.54. The van der Waals surface area contributed by atoms with Gasteiger partial charge in [-0.3, -0.25) is 14.3 Å². The van der Waals surface area contributed by atoms with Gasteiger partial charge in [0.15, 0.2) is 11.2 Å². The molecule has 3 aromatic heterocycles. The number of H-pyrrole nitrogens is 1. The van der Waals surface area contributed by atoms with Crippen molar-refractivity contribution in [1.29, 1.82) is 0 Å². The summed E-state index contributed by atoms with van der Waals surface area (Å²) < 4.78 is 8.94. The Kier molecular flexibility index (Phi) is 5.37. The summed E-state index contributed by atoms with van der Waals surface area (Å²) in [5.41, 5.74) is 1.14. The Morgan fingerprint density at radius 2 is 2.17 bits per heavy atom. The second-order valence-corrected chi connectivity index (χ2v) is 7.22. The highest BCUT2D eigenvalue weighted by Crippen LogP contribution is 2.19. The van der Waals surface area contributed by atoms with Crippen molar-refractivity contribution >= 4 is 17.1 Å². The van der Waals surface area contributed by atoms with Gasteiger partial charge in [-0.1, -0.05) is 0 Å². The van der Waals surface area contributed by atoms with Crippen LogP contribution in [0.15, 0.2) is 23.6 Å². The van der Waals surface area contributed by atoms with E-state index in [9.17, 15) is 19.8 Å². The number of aliphatic hydroxyl groups excluding tert-OH is 2. The standard InChI is InChI=1S/C18H23N7O5/c1-3-25-4-10(9(2)23-25)17(28)22-11-6-30-12(15(27)14(11)26)5-24-8-21-13-16(24)19-7-20-18(13)29/h4,7-8,11-12,14-15,26-27H,3,5-6H2,1-2H3,(H,22,28)(H,19,20,29)/t11-,12-,14+,15-/m1/s1. The molecular weight excluding hydrogens is 394 g/mol. The van der Waals surface area contributed by atoms with E-state index in [1.165, 1.54) is 12.7 Å². The summed E-state index contributed by atoms with van der Waals surface area (Å²) in [6.45, 7) is 4.42. The number of imidazole rings is 1. The number of hydrogen-bond acceptors (Lipinski definition) is 8. The number of nitrogens with one attached hydrogen (secondary N) is 2. The van der Waals surface area contributed by atoms with Crippen LogP contribution in [0.4, 0.5) is 0 Å². The van der Waals surface area contributed by atoms with E-state index < -0.39 is 30.3 Å². The molecule has 3 aromatic rings. The van der Waals surface area contributed by atoms with Gasteiger partial charge in [0, 0.05) is 12.7 Å². The molecule has 1 aliphatic rings. The number of aromatic amines is 1. The van der Waals surface area contributed by atoms with Gasteiger partial charge in [-0.05, 0) is 13.8 Å². The first-order chi connectivity index (χ1) is 14.4. The minimum Gasteiger partial charge on any atom is -0.388 e. The third-order valence-corrected chi connectivity index (χ3v) is 5.25. The van der Waals surface area contributed by atoms with Gasteiger partial charge in [0.25, 0.3) is 11.5 Å². The van der Waals surface area contributed by atoms with E-state index >= 15 is 0 Å². The number of aliphatic hydroxyl groups is 2. The van der Waals surface area contributed by atoms with Crippen molar-refractivity contribution in [1.82, 2.24) is 34.6 Å². The number of amides is 1. The van der Waals surface area contributed by atoms with Crippen molar-refractivity contribution in [2.75, 3.05) is 6.61 Å². The molecule has 0 bridgehead atoms. The van der Waals surface area contributed by atoms with E-state index in [4.69, 9.17) is 4.74 Å². The number of fused-ring (bicyclic) bond motifs is 1. The number of aromatic nitrogens is 6. The molecule has 0 aliphatic carbocycles. The molecular formula is C18H23N7O5. The molecule has 4 atom stereocenters. The van der Waals surface area contributed by atoms with Gasteiger partial charge in [0.1, 0.15) is 18.3 Å². The zero-order valence-corrected chi connectivity index (χ0v) is 16.5. The first kappa shape index (κ1) is 20.2. The largest absolute Gasteiger partial charge is 0.388 e. The van der Waals surface area contributed by atoms with E-state index in [-0.39, 0.29) is 24.2 Å². The first-order valence-electron chi connectivity index (χ1n) is 9.60. The molecule has 0 spiro atoms. The number of carbonyl (C=O) groups excluding carboxylic acids is 1. The van der Waals surface area contributed by atoms with Gasteiger partial charge in [-0.15, -0.1) is 0 Å². The fourth-order valence-electron chi connectivity index (χ4n) is 3.54. The zero-order valence-electron chi connectivity index (χ0n) is 16.5. The number of aryl methyl sites for hydroxylation is 2. The van der Waals surface area contributed by atoms with Crippen molar-refractivity contribution in [3.63, 3.8) is 0 Å². The molecule has 30 heavy (non-hydrogen) atoms. The number of hydrogen-bond donors (Lipinski definition) is 4. The lowest BCUT2D eigenvalue weighted by Crippen LogP contribution is -2.60.